The quantitative estimate of drug-likeness (QED) is 0.327. The van der Waals surface area contributed by atoms with Gasteiger partial charge in [0.05, 0.1) is 12.8 Å². The van der Waals surface area contributed by atoms with Gasteiger partial charge in [-0.2, -0.15) is 16.8 Å². The minimum Gasteiger partial charge on any atom is -0.425 e. The molecule has 0 aliphatic heterocycles. The van der Waals surface area contributed by atoms with E-state index in [4.69, 9.17) is 9.47 Å². The summed E-state index contributed by atoms with van der Waals surface area (Å²) in [4.78, 5) is 22.5. The van der Waals surface area contributed by atoms with Crippen molar-refractivity contribution in [2.75, 3.05) is 0 Å². The molecule has 10 heteroatoms. The first kappa shape index (κ1) is 18.3. The maximum atomic E-state index is 11.3. The van der Waals surface area contributed by atoms with Crippen LogP contribution in [-0.4, -0.2) is 45.8 Å². The first-order valence-electron chi connectivity index (χ1n) is 5.56. The Morgan fingerprint density at radius 1 is 0.950 bits per heavy atom. The van der Waals surface area contributed by atoms with Gasteiger partial charge >= 0.3 is 11.9 Å². The van der Waals surface area contributed by atoms with Crippen molar-refractivity contribution in [3.8, 4) is 0 Å². The Hall–Kier alpha value is -1.68. The molecule has 0 atom stereocenters. The number of esters is 2. The lowest BCUT2D eigenvalue weighted by atomic mass is 10.3. The summed E-state index contributed by atoms with van der Waals surface area (Å²) in [6.07, 6.45) is -1.34. The smallest absolute Gasteiger partial charge is 0.313 e. The molecule has 0 fully saturated rings. The average molecular weight is 326 g/mol. The van der Waals surface area contributed by atoms with Crippen molar-refractivity contribution < 1.29 is 35.9 Å². The fourth-order valence-electron chi connectivity index (χ4n) is 1.04. The molecule has 0 saturated carbocycles. The molecule has 0 rings (SSSR count). The SMILES string of the molecule is CCCC(OC(=O)CC=S(=O)=O)OC(=O)CC=S(=O)=O. The second kappa shape index (κ2) is 10.1. The van der Waals surface area contributed by atoms with E-state index in [0.717, 1.165) is 0 Å². The third-order valence-corrected chi connectivity index (χ3v) is 2.70. The summed E-state index contributed by atoms with van der Waals surface area (Å²) in [5.74, 6) is -1.73. The van der Waals surface area contributed by atoms with E-state index in [2.05, 4.69) is 0 Å². The van der Waals surface area contributed by atoms with E-state index in [1.54, 1.807) is 6.92 Å². The van der Waals surface area contributed by atoms with Crippen LogP contribution in [-0.2, 0) is 39.6 Å². The molecular formula is C10H14O8S2. The zero-order chi connectivity index (χ0) is 15.5. The standard InChI is InChI=1S/C10H14O8S2/c1-2-3-10(17-8(11)4-6-19(13)14)18-9(12)5-7-20(15)16/h6-7,10H,2-5H2,1H3. The van der Waals surface area contributed by atoms with Crippen LogP contribution in [0.25, 0.3) is 0 Å². The second-order valence-electron chi connectivity index (χ2n) is 3.46. The Morgan fingerprint density at radius 2 is 1.35 bits per heavy atom. The number of ether oxygens (including phenoxy) is 2. The van der Waals surface area contributed by atoms with E-state index < -0.39 is 51.7 Å². The molecule has 20 heavy (non-hydrogen) atoms. The zero-order valence-corrected chi connectivity index (χ0v) is 12.3. The third-order valence-electron chi connectivity index (χ3n) is 1.82. The van der Waals surface area contributed by atoms with Gasteiger partial charge in [-0.1, -0.05) is 6.92 Å². The lowest BCUT2D eigenvalue weighted by molar-refractivity contribution is -0.187. The molecule has 0 N–H and O–H groups in total. The van der Waals surface area contributed by atoms with Crippen LogP contribution in [0.4, 0.5) is 0 Å². The largest absolute Gasteiger partial charge is 0.425 e. The number of hydrogen-bond acceptors (Lipinski definition) is 8. The summed E-state index contributed by atoms with van der Waals surface area (Å²) in [6.45, 7) is 1.76. The van der Waals surface area contributed by atoms with Crippen molar-refractivity contribution in [2.45, 2.75) is 38.9 Å². The Kier molecular flexibility index (Phi) is 9.30. The van der Waals surface area contributed by atoms with E-state index in [9.17, 15) is 26.4 Å². The normalized spacial score (nSPS) is 9.70. The Bertz CT molecular complexity index is 531. The van der Waals surface area contributed by atoms with Crippen molar-refractivity contribution in [3.63, 3.8) is 0 Å². The van der Waals surface area contributed by atoms with Crippen LogP contribution in [0.2, 0.25) is 0 Å². The molecule has 0 aromatic carbocycles. The van der Waals surface area contributed by atoms with Crippen LogP contribution in [0, 0.1) is 0 Å². The van der Waals surface area contributed by atoms with Gasteiger partial charge < -0.3 is 9.47 Å². The molecule has 0 aliphatic rings. The fraction of sp³-hybridized carbons (Fsp3) is 0.600. The molecule has 0 amide bonds. The van der Waals surface area contributed by atoms with E-state index in [0.29, 0.717) is 17.2 Å². The molecule has 0 aromatic heterocycles. The highest BCUT2D eigenvalue weighted by Crippen LogP contribution is 2.06. The van der Waals surface area contributed by atoms with Crippen LogP contribution in [0.15, 0.2) is 0 Å². The van der Waals surface area contributed by atoms with Crippen molar-refractivity contribution >= 4 is 43.3 Å². The molecular weight excluding hydrogens is 312 g/mol. The fourth-order valence-corrected chi connectivity index (χ4v) is 1.58. The monoisotopic (exact) mass is 326 g/mol. The van der Waals surface area contributed by atoms with Crippen LogP contribution < -0.4 is 0 Å². The molecule has 8 nitrogen and oxygen atoms in total. The summed E-state index contributed by atoms with van der Waals surface area (Å²) in [7, 11) is -4.96. The molecule has 0 spiro atoms. The van der Waals surface area contributed by atoms with Crippen molar-refractivity contribution in [1.82, 2.24) is 0 Å². The Balaban J connectivity index is 4.49. The second-order valence-corrected chi connectivity index (χ2v) is 5.17. The molecule has 0 unspecified atom stereocenters. The van der Waals surface area contributed by atoms with E-state index in [1.807, 2.05) is 0 Å². The van der Waals surface area contributed by atoms with Gasteiger partial charge in [0.15, 0.2) is 0 Å². The highest BCUT2D eigenvalue weighted by atomic mass is 32.2. The number of hydrogen-bond donors (Lipinski definition) is 0. The van der Waals surface area contributed by atoms with Crippen LogP contribution >= 0.6 is 0 Å². The van der Waals surface area contributed by atoms with Gasteiger partial charge in [0.2, 0.25) is 26.9 Å². The van der Waals surface area contributed by atoms with Crippen molar-refractivity contribution in [1.29, 1.82) is 0 Å². The highest BCUT2D eigenvalue weighted by molar-refractivity contribution is 7.71. The first-order valence-corrected chi connectivity index (χ1v) is 7.84. The lowest BCUT2D eigenvalue weighted by Crippen LogP contribution is -2.25. The maximum absolute atomic E-state index is 11.3. The molecule has 0 radical (unpaired) electrons. The number of carbonyl (C=O) groups is 2. The summed E-state index contributed by atoms with van der Waals surface area (Å²) < 4.78 is 50.5. The van der Waals surface area contributed by atoms with Gasteiger partial charge in [-0.05, 0) is 6.42 Å². The molecule has 0 aliphatic carbocycles. The van der Waals surface area contributed by atoms with Crippen molar-refractivity contribution in [3.05, 3.63) is 0 Å². The topological polar surface area (TPSA) is 121 Å². The van der Waals surface area contributed by atoms with Gasteiger partial charge in [-0.15, -0.1) is 0 Å². The van der Waals surface area contributed by atoms with Gasteiger partial charge in [0, 0.05) is 17.2 Å². The lowest BCUT2D eigenvalue weighted by Gasteiger charge is -2.16. The molecule has 114 valence electrons. The maximum Gasteiger partial charge on any atom is 0.313 e. The molecule has 0 aromatic rings. The van der Waals surface area contributed by atoms with Gasteiger partial charge in [-0.3, -0.25) is 9.59 Å². The van der Waals surface area contributed by atoms with Crippen LogP contribution in [0.5, 0.6) is 0 Å². The number of rotatable bonds is 8. The van der Waals surface area contributed by atoms with E-state index in [1.165, 1.54) is 0 Å². The van der Waals surface area contributed by atoms with Gasteiger partial charge in [0.1, 0.15) is 0 Å². The average Bonchev–Trinajstić information content (AvgIpc) is 2.34. The van der Waals surface area contributed by atoms with Gasteiger partial charge in [0.25, 0.3) is 0 Å². The predicted molar refractivity (Wildman–Crippen MR) is 70.1 cm³/mol. The zero-order valence-electron chi connectivity index (χ0n) is 10.6. The third kappa shape index (κ3) is 10.3. The van der Waals surface area contributed by atoms with E-state index in [-0.39, 0.29) is 6.42 Å². The van der Waals surface area contributed by atoms with Crippen molar-refractivity contribution in [2.24, 2.45) is 0 Å². The van der Waals surface area contributed by atoms with Crippen LogP contribution in [0.3, 0.4) is 0 Å². The Labute approximate surface area is 118 Å². The first-order chi connectivity index (χ1) is 9.35. The predicted octanol–water partition coefficient (Wildman–Crippen LogP) is -0.658. The highest BCUT2D eigenvalue weighted by Gasteiger charge is 2.17. The summed E-state index contributed by atoms with van der Waals surface area (Å²) in [5.41, 5.74) is 0. The molecule has 0 heterocycles. The minimum atomic E-state index is -2.48. The van der Waals surface area contributed by atoms with Gasteiger partial charge in [-0.25, -0.2) is 0 Å². The van der Waals surface area contributed by atoms with Crippen LogP contribution in [0.1, 0.15) is 32.6 Å². The minimum absolute atomic E-state index is 0.221. The molecule has 0 saturated heterocycles. The summed E-state index contributed by atoms with van der Waals surface area (Å²) in [6, 6.07) is 0. The van der Waals surface area contributed by atoms with E-state index >= 15 is 0 Å². The summed E-state index contributed by atoms with van der Waals surface area (Å²) >= 11 is 0. The molecule has 0 bridgehead atoms. The Morgan fingerprint density at radius 3 is 1.65 bits per heavy atom. The number of carbonyl (C=O) groups excluding carboxylic acids is 2. The summed E-state index contributed by atoms with van der Waals surface area (Å²) in [5, 5.41) is 1.42.